The number of nitro groups is 1. The second-order valence-electron chi connectivity index (χ2n) is 4.70. The van der Waals surface area contributed by atoms with Crippen LogP contribution in [0, 0.1) is 10.1 Å². The van der Waals surface area contributed by atoms with Crippen LogP contribution < -0.4 is 10.1 Å². The number of nitrogens with zero attached hydrogens (tertiary/aromatic N) is 1. The number of methoxy groups -OCH3 is 1. The summed E-state index contributed by atoms with van der Waals surface area (Å²) in [5.74, 6) is 0.168. The van der Waals surface area contributed by atoms with E-state index in [1.165, 1.54) is 31.4 Å². The van der Waals surface area contributed by atoms with Gasteiger partial charge in [0.15, 0.2) is 0 Å². The molecule has 7 nitrogen and oxygen atoms in total. The average molecular weight is 296 g/mol. The van der Waals surface area contributed by atoms with Crippen LogP contribution in [0.25, 0.3) is 0 Å². The number of non-ortho nitro benzene ring substituents is 1. The maximum absolute atomic E-state index is 11.8. The molecule has 1 N–H and O–H groups in total. The van der Waals surface area contributed by atoms with Crippen molar-refractivity contribution < 1.29 is 19.2 Å². The van der Waals surface area contributed by atoms with Crippen LogP contribution in [0.15, 0.2) is 24.3 Å². The summed E-state index contributed by atoms with van der Waals surface area (Å²) in [4.78, 5) is 21.8. The van der Waals surface area contributed by atoms with Crippen LogP contribution in [0.2, 0.25) is 0 Å². The topological polar surface area (TPSA) is 90.7 Å². The van der Waals surface area contributed by atoms with Crippen molar-refractivity contribution in [2.45, 2.75) is 25.8 Å². The Morgan fingerprint density at radius 2 is 2.00 bits per heavy atom. The van der Waals surface area contributed by atoms with Gasteiger partial charge in [0.1, 0.15) is 11.3 Å². The maximum atomic E-state index is 11.8. The van der Waals surface area contributed by atoms with Gasteiger partial charge >= 0.3 is 5.97 Å². The highest BCUT2D eigenvalue weighted by Crippen LogP contribution is 2.19. The first kappa shape index (κ1) is 16.9. The molecule has 1 aromatic rings. The number of carbonyl (C=O) groups excluding carboxylic acids is 1. The number of nitrogens with one attached hydrogen (secondary N) is 1. The van der Waals surface area contributed by atoms with Gasteiger partial charge in [-0.1, -0.05) is 6.92 Å². The lowest BCUT2D eigenvalue weighted by molar-refractivity contribution is -0.384. The monoisotopic (exact) mass is 296 g/mol. The minimum absolute atomic E-state index is 0.00870. The van der Waals surface area contributed by atoms with Crippen molar-refractivity contribution in [3.05, 3.63) is 34.4 Å². The molecule has 0 spiro atoms. The van der Waals surface area contributed by atoms with E-state index in [4.69, 9.17) is 9.47 Å². The van der Waals surface area contributed by atoms with Crippen LogP contribution in [0.4, 0.5) is 5.69 Å². The third kappa shape index (κ3) is 4.71. The van der Waals surface area contributed by atoms with E-state index in [1.54, 1.807) is 6.92 Å². The molecule has 0 aromatic heterocycles. The number of carbonyl (C=O) groups is 1. The number of esters is 1. The van der Waals surface area contributed by atoms with Gasteiger partial charge in [-0.05, 0) is 25.6 Å². The first-order valence-corrected chi connectivity index (χ1v) is 6.63. The molecule has 116 valence electrons. The van der Waals surface area contributed by atoms with Crippen molar-refractivity contribution in [2.24, 2.45) is 0 Å². The van der Waals surface area contributed by atoms with Gasteiger partial charge in [-0.2, -0.15) is 0 Å². The highest BCUT2D eigenvalue weighted by molar-refractivity contribution is 5.80. The molecule has 0 aliphatic rings. The molecule has 0 amide bonds. The van der Waals surface area contributed by atoms with Crippen molar-refractivity contribution in [3.8, 4) is 5.75 Å². The molecule has 0 saturated heterocycles. The number of benzene rings is 1. The molecule has 0 saturated carbocycles. The van der Waals surface area contributed by atoms with Gasteiger partial charge in [-0.3, -0.25) is 14.9 Å². The largest absolute Gasteiger partial charge is 0.494 e. The summed E-state index contributed by atoms with van der Waals surface area (Å²) >= 11 is 0. The van der Waals surface area contributed by atoms with Crippen molar-refractivity contribution in [2.75, 3.05) is 20.3 Å². The van der Waals surface area contributed by atoms with Gasteiger partial charge in [0.05, 0.1) is 18.6 Å². The number of ether oxygens (including phenoxy) is 2. The minimum Gasteiger partial charge on any atom is -0.494 e. The van der Waals surface area contributed by atoms with Gasteiger partial charge in [-0.15, -0.1) is 0 Å². The Morgan fingerprint density at radius 1 is 1.38 bits per heavy atom. The summed E-state index contributed by atoms with van der Waals surface area (Å²) in [5, 5.41) is 13.6. The smallest absolute Gasteiger partial charge is 0.325 e. The standard InChI is InChI=1S/C14H20N2O5/c1-4-15-14(2,13(17)20-3)9-10-21-12-7-5-11(6-8-12)16(18)19/h5-8,15H,4,9-10H2,1-3H3. The Morgan fingerprint density at radius 3 is 2.48 bits per heavy atom. The van der Waals surface area contributed by atoms with E-state index < -0.39 is 10.5 Å². The molecule has 21 heavy (non-hydrogen) atoms. The van der Waals surface area contributed by atoms with E-state index in [0.29, 0.717) is 18.7 Å². The van der Waals surface area contributed by atoms with Crippen LogP contribution in [0.1, 0.15) is 20.3 Å². The van der Waals surface area contributed by atoms with Crippen LogP contribution in [-0.4, -0.2) is 36.7 Å². The zero-order chi connectivity index (χ0) is 15.9. The van der Waals surface area contributed by atoms with Crippen LogP contribution in [-0.2, 0) is 9.53 Å². The lowest BCUT2D eigenvalue weighted by Crippen LogP contribution is -2.51. The predicted octanol–water partition coefficient (Wildman–Crippen LogP) is 1.90. The zero-order valence-corrected chi connectivity index (χ0v) is 12.4. The molecular formula is C14H20N2O5. The lowest BCUT2D eigenvalue weighted by atomic mass is 9.98. The quantitative estimate of drug-likeness (QED) is 0.447. The Labute approximate surface area is 123 Å². The van der Waals surface area contributed by atoms with Gasteiger partial charge in [0, 0.05) is 18.6 Å². The SMILES string of the molecule is CCNC(C)(CCOc1ccc([N+](=O)[O-])cc1)C(=O)OC. The molecule has 1 unspecified atom stereocenters. The molecule has 1 aromatic carbocycles. The van der Waals surface area contributed by atoms with Gasteiger partial charge < -0.3 is 14.8 Å². The summed E-state index contributed by atoms with van der Waals surface area (Å²) in [6.07, 6.45) is 0.421. The van der Waals surface area contributed by atoms with Crippen molar-refractivity contribution in [1.82, 2.24) is 5.32 Å². The molecule has 0 aliphatic heterocycles. The van der Waals surface area contributed by atoms with Gasteiger partial charge in [0.2, 0.25) is 0 Å². The van der Waals surface area contributed by atoms with Crippen LogP contribution in [0.3, 0.4) is 0 Å². The molecule has 0 aliphatic carbocycles. The van der Waals surface area contributed by atoms with Crippen LogP contribution in [0.5, 0.6) is 5.75 Å². The van der Waals surface area contributed by atoms with E-state index in [-0.39, 0.29) is 18.3 Å². The molecule has 0 heterocycles. The summed E-state index contributed by atoms with van der Waals surface area (Å²) < 4.78 is 10.3. The van der Waals surface area contributed by atoms with E-state index >= 15 is 0 Å². The van der Waals surface area contributed by atoms with E-state index in [2.05, 4.69) is 5.32 Å². The second kappa shape index (κ2) is 7.58. The summed E-state index contributed by atoms with van der Waals surface area (Å²) in [5.41, 5.74) is -0.806. The number of nitro benzene ring substituents is 1. The normalized spacial score (nSPS) is 13.3. The lowest BCUT2D eigenvalue weighted by Gasteiger charge is -2.27. The second-order valence-corrected chi connectivity index (χ2v) is 4.70. The fraction of sp³-hybridized carbons (Fsp3) is 0.500. The highest BCUT2D eigenvalue weighted by atomic mass is 16.6. The van der Waals surface area contributed by atoms with Crippen LogP contribution >= 0.6 is 0 Å². The number of rotatable bonds is 8. The predicted molar refractivity (Wildman–Crippen MR) is 77.3 cm³/mol. The first-order chi connectivity index (χ1) is 9.92. The molecule has 1 rings (SSSR count). The van der Waals surface area contributed by atoms with Gasteiger partial charge in [-0.25, -0.2) is 0 Å². The fourth-order valence-corrected chi connectivity index (χ4v) is 1.92. The Bertz CT molecular complexity index is 489. The molecule has 0 bridgehead atoms. The van der Waals surface area contributed by atoms with Crippen molar-refractivity contribution in [3.63, 3.8) is 0 Å². The molecular weight excluding hydrogens is 276 g/mol. The average Bonchev–Trinajstić information content (AvgIpc) is 2.47. The zero-order valence-electron chi connectivity index (χ0n) is 12.4. The third-order valence-corrected chi connectivity index (χ3v) is 3.12. The summed E-state index contributed by atoms with van der Waals surface area (Å²) in [7, 11) is 1.34. The van der Waals surface area contributed by atoms with E-state index in [9.17, 15) is 14.9 Å². The number of likely N-dealkylation sites (N-methyl/N-ethyl adjacent to an activating group) is 1. The van der Waals surface area contributed by atoms with E-state index in [0.717, 1.165) is 0 Å². The highest BCUT2D eigenvalue weighted by Gasteiger charge is 2.33. The third-order valence-electron chi connectivity index (χ3n) is 3.12. The molecule has 7 heteroatoms. The molecule has 0 radical (unpaired) electrons. The first-order valence-electron chi connectivity index (χ1n) is 6.63. The Hall–Kier alpha value is -2.15. The fourth-order valence-electron chi connectivity index (χ4n) is 1.92. The summed E-state index contributed by atoms with van der Waals surface area (Å²) in [6, 6.07) is 5.81. The Kier molecular flexibility index (Phi) is 6.10. The minimum atomic E-state index is -0.815. The maximum Gasteiger partial charge on any atom is 0.325 e. The number of hydrogen-bond donors (Lipinski definition) is 1. The van der Waals surface area contributed by atoms with Gasteiger partial charge in [0.25, 0.3) is 5.69 Å². The van der Waals surface area contributed by atoms with E-state index in [1.807, 2.05) is 6.92 Å². The summed E-state index contributed by atoms with van der Waals surface area (Å²) in [6.45, 7) is 4.57. The Balaban J connectivity index is 2.57. The molecule has 1 atom stereocenters. The van der Waals surface area contributed by atoms with Crippen molar-refractivity contribution >= 4 is 11.7 Å². The van der Waals surface area contributed by atoms with Crippen molar-refractivity contribution in [1.29, 1.82) is 0 Å². The number of hydrogen-bond acceptors (Lipinski definition) is 6. The molecule has 0 fully saturated rings.